The van der Waals surface area contributed by atoms with Crippen LogP contribution in [-0.2, 0) is 13.0 Å². The second-order valence-corrected chi connectivity index (χ2v) is 6.71. The van der Waals surface area contributed by atoms with Gasteiger partial charge in [0.1, 0.15) is 11.6 Å². The molecule has 110 valence electrons. The third-order valence-corrected chi connectivity index (χ3v) is 4.53. The predicted molar refractivity (Wildman–Crippen MR) is 84.8 cm³/mol. The molecule has 1 unspecified atom stereocenters. The number of hydrogen-bond acceptors (Lipinski definition) is 3. The zero-order chi connectivity index (χ0) is 15.0. The Hall–Kier alpha value is -1.17. The maximum Gasteiger partial charge on any atom is 0.144 e. The van der Waals surface area contributed by atoms with Crippen molar-refractivity contribution in [3.8, 4) is 0 Å². The topological polar surface area (TPSA) is 30.7 Å². The van der Waals surface area contributed by atoms with Crippen LogP contribution >= 0.6 is 34.5 Å². The second-order valence-electron chi connectivity index (χ2n) is 4.67. The smallest absolute Gasteiger partial charge is 0.144 e. The fraction of sp³-hybridized carbons (Fsp3) is 0.286. The molecule has 0 radical (unpaired) electrons. The number of aromatic nitrogens is 3. The zero-order valence-electron chi connectivity index (χ0n) is 11.2. The molecular formula is C14H12Cl2FN3S. The van der Waals surface area contributed by atoms with Gasteiger partial charge in [-0.05, 0) is 13.0 Å². The van der Waals surface area contributed by atoms with Crippen LogP contribution in [0.15, 0.2) is 23.7 Å². The number of aryl methyl sites for hydroxylation is 2. The quantitative estimate of drug-likeness (QED) is 0.635. The largest absolute Gasteiger partial charge is 0.326 e. The van der Waals surface area contributed by atoms with Crippen molar-refractivity contribution in [1.82, 2.24) is 14.5 Å². The monoisotopic (exact) mass is 343 g/mol. The number of benzene rings is 1. The van der Waals surface area contributed by atoms with Gasteiger partial charge < -0.3 is 4.57 Å². The van der Waals surface area contributed by atoms with E-state index in [1.165, 1.54) is 6.07 Å². The molecule has 1 atom stereocenters. The van der Waals surface area contributed by atoms with Crippen LogP contribution in [0.1, 0.15) is 23.1 Å². The lowest BCUT2D eigenvalue weighted by atomic mass is 10.3. The third-order valence-electron chi connectivity index (χ3n) is 3.21. The minimum Gasteiger partial charge on any atom is -0.326 e. The Kier molecular flexibility index (Phi) is 4.15. The van der Waals surface area contributed by atoms with Crippen LogP contribution < -0.4 is 0 Å². The zero-order valence-corrected chi connectivity index (χ0v) is 13.5. The van der Waals surface area contributed by atoms with E-state index < -0.39 is 5.82 Å². The van der Waals surface area contributed by atoms with Gasteiger partial charge in [-0.25, -0.2) is 14.4 Å². The van der Waals surface area contributed by atoms with Crippen molar-refractivity contribution in [3.63, 3.8) is 0 Å². The van der Waals surface area contributed by atoms with Crippen LogP contribution in [0, 0.1) is 5.82 Å². The van der Waals surface area contributed by atoms with Gasteiger partial charge in [0.15, 0.2) is 0 Å². The molecule has 1 aromatic carbocycles. The molecule has 2 heterocycles. The highest BCUT2D eigenvalue weighted by Crippen LogP contribution is 2.28. The number of imidazole rings is 1. The van der Waals surface area contributed by atoms with Crippen LogP contribution in [-0.4, -0.2) is 14.5 Å². The molecule has 0 saturated heterocycles. The number of thiazole rings is 1. The number of hydrogen-bond donors (Lipinski definition) is 0. The Balaban J connectivity index is 2.04. The summed E-state index contributed by atoms with van der Waals surface area (Å²) in [4.78, 5) is 8.70. The molecule has 21 heavy (non-hydrogen) atoms. The van der Waals surface area contributed by atoms with Crippen molar-refractivity contribution in [1.29, 1.82) is 0 Å². The first kappa shape index (κ1) is 14.8. The predicted octanol–water partition coefficient (Wildman–Crippen LogP) is 4.83. The first-order chi connectivity index (χ1) is 10.1. The molecule has 0 aliphatic heterocycles. The second kappa shape index (κ2) is 5.91. The first-order valence-corrected chi connectivity index (χ1v) is 8.13. The SMILES string of the molecule is CC(Cl)c1nc2cc(F)c(Cl)cc2n1CCc1nccs1. The summed E-state index contributed by atoms with van der Waals surface area (Å²) < 4.78 is 15.6. The Morgan fingerprint density at radius 2 is 2.24 bits per heavy atom. The Morgan fingerprint density at radius 1 is 1.43 bits per heavy atom. The molecule has 0 aliphatic rings. The Bertz CT molecular complexity index is 768. The summed E-state index contributed by atoms with van der Waals surface area (Å²) in [5, 5.41) is 2.80. The van der Waals surface area contributed by atoms with Gasteiger partial charge in [-0.2, -0.15) is 0 Å². The Morgan fingerprint density at radius 3 is 2.90 bits per heavy atom. The molecule has 0 spiro atoms. The van der Waals surface area contributed by atoms with Gasteiger partial charge in [-0.15, -0.1) is 22.9 Å². The number of halogens is 3. The number of fused-ring (bicyclic) bond motifs is 1. The maximum absolute atomic E-state index is 13.6. The molecule has 0 bridgehead atoms. The summed E-state index contributed by atoms with van der Waals surface area (Å²) in [6.45, 7) is 2.53. The van der Waals surface area contributed by atoms with E-state index >= 15 is 0 Å². The van der Waals surface area contributed by atoms with Crippen molar-refractivity contribution in [2.75, 3.05) is 0 Å². The standard InChI is InChI=1S/C14H12Cl2FN3S/c1-8(15)14-19-11-7-10(17)9(16)6-12(11)20(14)4-2-13-18-3-5-21-13/h3,5-8H,2,4H2,1H3. The molecule has 0 N–H and O–H groups in total. The van der Waals surface area contributed by atoms with Gasteiger partial charge in [0.2, 0.25) is 0 Å². The third kappa shape index (κ3) is 2.91. The normalized spacial score (nSPS) is 13.0. The van der Waals surface area contributed by atoms with Crippen molar-refractivity contribution >= 4 is 45.6 Å². The van der Waals surface area contributed by atoms with Crippen LogP contribution in [0.25, 0.3) is 11.0 Å². The molecule has 3 nitrogen and oxygen atoms in total. The van der Waals surface area contributed by atoms with Gasteiger partial charge >= 0.3 is 0 Å². The van der Waals surface area contributed by atoms with Crippen molar-refractivity contribution in [2.45, 2.75) is 25.3 Å². The molecule has 0 aliphatic carbocycles. The van der Waals surface area contributed by atoms with E-state index in [0.717, 1.165) is 16.9 Å². The fourth-order valence-electron chi connectivity index (χ4n) is 2.26. The van der Waals surface area contributed by atoms with E-state index in [9.17, 15) is 4.39 Å². The molecule has 0 saturated carbocycles. The maximum atomic E-state index is 13.6. The molecule has 0 fully saturated rings. The van der Waals surface area contributed by atoms with Crippen molar-refractivity contribution < 1.29 is 4.39 Å². The summed E-state index contributed by atoms with van der Waals surface area (Å²) in [6.07, 6.45) is 2.55. The Labute approximate surface area is 135 Å². The van der Waals surface area contributed by atoms with Crippen LogP contribution in [0.4, 0.5) is 4.39 Å². The van der Waals surface area contributed by atoms with Gasteiger partial charge in [0.05, 0.1) is 26.4 Å². The number of rotatable bonds is 4. The van der Waals surface area contributed by atoms with E-state index in [1.807, 2.05) is 16.9 Å². The number of nitrogens with zero attached hydrogens (tertiary/aromatic N) is 3. The van der Waals surface area contributed by atoms with E-state index in [0.29, 0.717) is 17.9 Å². The van der Waals surface area contributed by atoms with E-state index in [1.54, 1.807) is 23.6 Å². The molecule has 2 aromatic heterocycles. The van der Waals surface area contributed by atoms with Crippen molar-refractivity contribution in [3.05, 3.63) is 45.4 Å². The minimum absolute atomic E-state index is 0.0895. The molecule has 3 rings (SSSR count). The molecular weight excluding hydrogens is 332 g/mol. The van der Waals surface area contributed by atoms with Gasteiger partial charge in [0, 0.05) is 30.6 Å². The lowest BCUT2D eigenvalue weighted by Crippen LogP contribution is -2.06. The highest BCUT2D eigenvalue weighted by Gasteiger charge is 2.17. The van der Waals surface area contributed by atoms with Gasteiger partial charge in [0.25, 0.3) is 0 Å². The summed E-state index contributed by atoms with van der Waals surface area (Å²) in [7, 11) is 0. The highest BCUT2D eigenvalue weighted by molar-refractivity contribution is 7.09. The number of alkyl halides is 1. The van der Waals surface area contributed by atoms with Crippen LogP contribution in [0.5, 0.6) is 0 Å². The van der Waals surface area contributed by atoms with E-state index in [4.69, 9.17) is 23.2 Å². The van der Waals surface area contributed by atoms with E-state index in [-0.39, 0.29) is 10.4 Å². The fourth-order valence-corrected chi connectivity index (χ4v) is 3.20. The molecule has 3 aromatic rings. The van der Waals surface area contributed by atoms with E-state index in [2.05, 4.69) is 9.97 Å². The average Bonchev–Trinajstić information content (AvgIpc) is 3.05. The highest BCUT2D eigenvalue weighted by atomic mass is 35.5. The van der Waals surface area contributed by atoms with Crippen molar-refractivity contribution in [2.24, 2.45) is 0 Å². The summed E-state index contributed by atoms with van der Waals surface area (Å²) in [6, 6.07) is 2.95. The summed E-state index contributed by atoms with van der Waals surface area (Å²) in [5.74, 6) is 0.243. The molecule has 7 heteroatoms. The first-order valence-electron chi connectivity index (χ1n) is 6.44. The van der Waals surface area contributed by atoms with Crippen LogP contribution in [0.2, 0.25) is 5.02 Å². The lowest BCUT2D eigenvalue weighted by molar-refractivity contribution is 0.629. The minimum atomic E-state index is -0.470. The van der Waals surface area contributed by atoms with Gasteiger partial charge in [-0.3, -0.25) is 0 Å². The lowest BCUT2D eigenvalue weighted by Gasteiger charge is -2.09. The average molecular weight is 344 g/mol. The summed E-state index contributed by atoms with van der Waals surface area (Å²) >= 11 is 13.7. The summed E-state index contributed by atoms with van der Waals surface area (Å²) in [5.41, 5.74) is 1.36. The molecule has 0 amide bonds. The van der Waals surface area contributed by atoms with Gasteiger partial charge in [-0.1, -0.05) is 11.6 Å². The van der Waals surface area contributed by atoms with Crippen LogP contribution in [0.3, 0.4) is 0 Å².